The second-order valence-corrected chi connectivity index (χ2v) is 16.4. The molecule has 304 valence electrons. The number of phosphoric ester groups is 1. The number of phosphoric acid groups is 1. The van der Waals surface area contributed by atoms with E-state index < -0.39 is 20.0 Å². The van der Waals surface area contributed by atoms with E-state index >= 15 is 0 Å². The Morgan fingerprint density at radius 3 is 1.39 bits per heavy atom. The maximum absolute atomic E-state index is 12.7. The van der Waals surface area contributed by atoms with E-state index in [2.05, 4.69) is 19.2 Å². The molecule has 9 heteroatoms. The van der Waals surface area contributed by atoms with Crippen LogP contribution in [0, 0.1) is 0 Å². The summed E-state index contributed by atoms with van der Waals surface area (Å²) in [7, 11) is -4.33. The Morgan fingerprint density at radius 1 is 0.627 bits per heavy atom. The monoisotopic (exact) mass is 745 g/mol. The van der Waals surface area contributed by atoms with E-state index in [0.29, 0.717) is 6.42 Å². The minimum Gasteiger partial charge on any atom is -0.387 e. The molecule has 0 aliphatic carbocycles. The van der Waals surface area contributed by atoms with Crippen LogP contribution < -0.4 is 11.1 Å². The number of nitrogens with two attached hydrogens (primary N) is 1. The maximum Gasteiger partial charge on any atom is 0.472 e. The van der Waals surface area contributed by atoms with Gasteiger partial charge in [0.15, 0.2) is 0 Å². The Morgan fingerprint density at radius 2 is 1.00 bits per heavy atom. The van der Waals surface area contributed by atoms with Gasteiger partial charge in [-0.15, -0.1) is 0 Å². The summed E-state index contributed by atoms with van der Waals surface area (Å²) in [5.74, 6) is -0.191. The highest BCUT2D eigenvalue weighted by molar-refractivity contribution is 7.47. The summed E-state index contributed by atoms with van der Waals surface area (Å²) >= 11 is 0. The molecule has 1 amide bonds. The summed E-state index contributed by atoms with van der Waals surface area (Å²) in [6, 6.07) is -0.854. The number of carbonyl (C=O) groups excluding carboxylic acids is 1. The number of hydrogen-bond donors (Lipinski definition) is 4. The maximum atomic E-state index is 12.7. The minimum atomic E-state index is -4.33. The van der Waals surface area contributed by atoms with Gasteiger partial charge in [-0.25, -0.2) is 4.57 Å². The molecule has 0 aromatic carbocycles. The SMILES string of the molecule is CCCCCCCCCCCCCCC/C=C/[C@@H](O)[C@H](COP(=O)(O)OCCN)NC(=O)CCCCCCCCCCCCCCCCCCC. The van der Waals surface area contributed by atoms with Crippen molar-refractivity contribution in [3.63, 3.8) is 0 Å². The van der Waals surface area contributed by atoms with Crippen molar-refractivity contribution in [1.29, 1.82) is 0 Å². The van der Waals surface area contributed by atoms with Crippen molar-refractivity contribution in [3.8, 4) is 0 Å². The summed E-state index contributed by atoms with van der Waals surface area (Å²) in [6.45, 7) is 4.16. The molecule has 0 aliphatic rings. The standard InChI is InChI=1S/C42H85N2O6P/c1-3-5-7-9-11-13-15-17-19-20-22-24-26-28-30-32-34-36-42(46)44-40(39-50-51(47,48)49-38-37-43)41(45)35-33-31-29-27-25-23-21-18-16-14-12-10-8-6-4-2/h33,35,40-41,45H,3-32,34,36-39,43H2,1-2H3,(H,44,46)(H,47,48)/b35-33+/t40-,41+/m0/s1. The Labute approximate surface area is 315 Å². The summed E-state index contributed by atoms with van der Waals surface area (Å²) in [4.78, 5) is 22.7. The zero-order valence-corrected chi connectivity index (χ0v) is 34.5. The number of hydrogen-bond acceptors (Lipinski definition) is 6. The molecule has 5 N–H and O–H groups in total. The van der Waals surface area contributed by atoms with Crippen LogP contribution in [-0.4, -0.2) is 47.8 Å². The van der Waals surface area contributed by atoms with Crippen LogP contribution in [0.15, 0.2) is 12.2 Å². The fraction of sp³-hybridized carbons (Fsp3) is 0.929. The molecule has 0 aliphatic heterocycles. The van der Waals surface area contributed by atoms with E-state index in [1.165, 1.54) is 161 Å². The van der Waals surface area contributed by atoms with E-state index in [1.807, 2.05) is 6.08 Å². The average molecular weight is 745 g/mol. The first kappa shape index (κ1) is 50.2. The number of unbranched alkanes of at least 4 members (excludes halogenated alkanes) is 29. The van der Waals surface area contributed by atoms with Crippen molar-refractivity contribution in [2.45, 2.75) is 231 Å². The van der Waals surface area contributed by atoms with E-state index in [1.54, 1.807) is 6.08 Å². The lowest BCUT2D eigenvalue weighted by atomic mass is 10.0. The van der Waals surface area contributed by atoms with Crippen molar-refractivity contribution in [1.82, 2.24) is 5.32 Å². The lowest BCUT2D eigenvalue weighted by Crippen LogP contribution is -2.45. The number of amides is 1. The van der Waals surface area contributed by atoms with Gasteiger partial charge in [0.25, 0.3) is 0 Å². The number of allylic oxidation sites excluding steroid dienone is 1. The van der Waals surface area contributed by atoms with Gasteiger partial charge in [0.05, 0.1) is 25.4 Å². The van der Waals surface area contributed by atoms with E-state index in [0.717, 1.165) is 38.5 Å². The Balaban J connectivity index is 4.18. The van der Waals surface area contributed by atoms with Gasteiger partial charge in [0, 0.05) is 13.0 Å². The third-order valence-electron chi connectivity index (χ3n) is 9.86. The highest BCUT2D eigenvalue weighted by Crippen LogP contribution is 2.43. The largest absolute Gasteiger partial charge is 0.472 e. The third-order valence-corrected chi connectivity index (χ3v) is 10.8. The number of nitrogens with one attached hydrogen (secondary N) is 1. The van der Waals surface area contributed by atoms with Crippen molar-refractivity contribution in [3.05, 3.63) is 12.2 Å². The third kappa shape index (κ3) is 37.4. The molecule has 1 unspecified atom stereocenters. The Hall–Kier alpha value is -0.760. The molecule has 0 radical (unpaired) electrons. The summed E-state index contributed by atoms with van der Waals surface area (Å²) < 4.78 is 22.1. The zero-order valence-electron chi connectivity index (χ0n) is 33.6. The first-order valence-electron chi connectivity index (χ1n) is 21.8. The van der Waals surface area contributed by atoms with Crippen molar-refractivity contribution in [2.75, 3.05) is 19.8 Å². The molecule has 0 aromatic heterocycles. The van der Waals surface area contributed by atoms with Gasteiger partial charge >= 0.3 is 7.82 Å². The smallest absolute Gasteiger partial charge is 0.387 e. The number of aliphatic hydroxyl groups excluding tert-OH is 1. The van der Waals surface area contributed by atoms with E-state index in [9.17, 15) is 19.4 Å². The molecule has 0 heterocycles. The average Bonchev–Trinajstić information content (AvgIpc) is 3.12. The predicted molar refractivity (Wildman–Crippen MR) is 217 cm³/mol. The van der Waals surface area contributed by atoms with Gasteiger partial charge in [0.2, 0.25) is 5.91 Å². The van der Waals surface area contributed by atoms with E-state index in [-0.39, 0.29) is 25.7 Å². The second kappa shape index (κ2) is 38.9. The van der Waals surface area contributed by atoms with Crippen molar-refractivity contribution in [2.24, 2.45) is 5.73 Å². The minimum absolute atomic E-state index is 0.0813. The molecule has 0 fully saturated rings. The highest BCUT2D eigenvalue weighted by Gasteiger charge is 2.26. The molecule has 3 atom stereocenters. The molecule has 0 spiro atoms. The Bertz CT molecular complexity index is 814. The Kier molecular flexibility index (Phi) is 38.4. The number of rotatable bonds is 41. The van der Waals surface area contributed by atoms with Crippen LogP contribution in [-0.2, 0) is 18.4 Å². The molecular formula is C42H85N2O6P. The predicted octanol–water partition coefficient (Wildman–Crippen LogP) is 12.0. The fourth-order valence-electron chi connectivity index (χ4n) is 6.54. The van der Waals surface area contributed by atoms with Crippen LogP contribution in [0.2, 0.25) is 0 Å². The fourth-order valence-corrected chi connectivity index (χ4v) is 7.30. The van der Waals surface area contributed by atoms with Gasteiger partial charge in [0.1, 0.15) is 0 Å². The first-order valence-corrected chi connectivity index (χ1v) is 23.3. The van der Waals surface area contributed by atoms with Crippen molar-refractivity contribution >= 4 is 13.7 Å². The molecule has 0 bridgehead atoms. The molecule has 8 nitrogen and oxygen atoms in total. The van der Waals surface area contributed by atoms with Gasteiger partial charge in [-0.05, 0) is 19.3 Å². The summed E-state index contributed by atoms with van der Waals surface area (Å²) in [5.41, 5.74) is 5.37. The van der Waals surface area contributed by atoms with Crippen LogP contribution >= 0.6 is 7.82 Å². The summed E-state index contributed by atoms with van der Waals surface area (Å²) in [6.07, 6.45) is 42.5. The molecule has 0 saturated heterocycles. The van der Waals surface area contributed by atoms with Crippen LogP contribution in [0.4, 0.5) is 0 Å². The summed E-state index contributed by atoms with van der Waals surface area (Å²) in [5, 5.41) is 13.7. The topological polar surface area (TPSA) is 131 Å². The zero-order chi connectivity index (χ0) is 37.5. The second-order valence-electron chi connectivity index (χ2n) is 14.9. The number of carbonyl (C=O) groups is 1. The van der Waals surface area contributed by atoms with Crippen molar-refractivity contribution < 1.29 is 28.4 Å². The van der Waals surface area contributed by atoms with Crippen LogP contribution in [0.5, 0.6) is 0 Å². The van der Waals surface area contributed by atoms with Gasteiger partial charge in [-0.3, -0.25) is 13.8 Å². The van der Waals surface area contributed by atoms with Crippen LogP contribution in [0.25, 0.3) is 0 Å². The van der Waals surface area contributed by atoms with Crippen LogP contribution in [0.1, 0.15) is 219 Å². The van der Waals surface area contributed by atoms with Gasteiger partial charge in [-0.2, -0.15) is 0 Å². The highest BCUT2D eigenvalue weighted by atomic mass is 31.2. The van der Waals surface area contributed by atoms with Crippen LogP contribution in [0.3, 0.4) is 0 Å². The van der Waals surface area contributed by atoms with Gasteiger partial charge < -0.3 is 21.1 Å². The quantitative estimate of drug-likeness (QED) is 0.0278. The normalized spacial score (nSPS) is 14.2. The van der Waals surface area contributed by atoms with Gasteiger partial charge in [-0.1, -0.05) is 206 Å². The lowest BCUT2D eigenvalue weighted by Gasteiger charge is -2.23. The molecule has 51 heavy (non-hydrogen) atoms. The van der Waals surface area contributed by atoms with E-state index in [4.69, 9.17) is 14.8 Å². The number of aliphatic hydroxyl groups is 1. The molecule has 0 saturated carbocycles. The first-order chi connectivity index (χ1) is 24.9. The molecule has 0 rings (SSSR count). The molecule has 0 aromatic rings. The molecular weight excluding hydrogens is 659 g/mol. The lowest BCUT2D eigenvalue weighted by molar-refractivity contribution is -0.123.